The lowest BCUT2D eigenvalue weighted by Crippen LogP contribution is -2.49. The average molecular weight is 292 g/mol. The molecule has 0 aliphatic heterocycles. The lowest BCUT2D eigenvalue weighted by atomic mass is 10.0. The average Bonchev–Trinajstić information content (AvgIpc) is 2.44. The number of carbonyl (C=O) groups is 2. The quantitative estimate of drug-likeness (QED) is 0.847. The molecule has 2 amide bonds. The number of carbonyl (C=O) groups excluding carboxylic acids is 1. The van der Waals surface area contributed by atoms with Gasteiger partial charge in [0.1, 0.15) is 0 Å². The fraction of sp³-hybridized carbons (Fsp3) is 0.500. The molecule has 116 valence electrons. The molecule has 0 fully saturated rings. The molecular formula is C16H24N2O3. The standard InChI is InChI=1S/C16H24N2O3/c1-5-16(2,3)18(4)15(21)17-11-13-9-7-6-8-12(13)10-14(19)20/h6-9H,5,10-11H2,1-4H3,(H,17,21)(H,19,20). The van der Waals surface area contributed by atoms with Crippen molar-refractivity contribution >= 4 is 12.0 Å². The van der Waals surface area contributed by atoms with E-state index in [9.17, 15) is 9.59 Å². The summed E-state index contributed by atoms with van der Waals surface area (Å²) in [5.41, 5.74) is 1.34. The van der Waals surface area contributed by atoms with Crippen LogP contribution in [0.15, 0.2) is 24.3 Å². The van der Waals surface area contributed by atoms with Crippen LogP contribution in [0.3, 0.4) is 0 Å². The van der Waals surface area contributed by atoms with Crippen molar-refractivity contribution in [3.05, 3.63) is 35.4 Å². The van der Waals surface area contributed by atoms with Gasteiger partial charge in [-0.2, -0.15) is 0 Å². The maximum Gasteiger partial charge on any atom is 0.317 e. The SMILES string of the molecule is CCC(C)(C)N(C)C(=O)NCc1ccccc1CC(=O)O. The molecule has 21 heavy (non-hydrogen) atoms. The van der Waals surface area contributed by atoms with E-state index in [-0.39, 0.29) is 18.0 Å². The summed E-state index contributed by atoms with van der Waals surface area (Å²) in [5, 5.41) is 11.7. The van der Waals surface area contributed by atoms with E-state index in [4.69, 9.17) is 5.11 Å². The van der Waals surface area contributed by atoms with Crippen molar-refractivity contribution < 1.29 is 14.7 Å². The topological polar surface area (TPSA) is 69.6 Å². The van der Waals surface area contributed by atoms with Gasteiger partial charge in [0.2, 0.25) is 0 Å². The van der Waals surface area contributed by atoms with Gasteiger partial charge in [-0.25, -0.2) is 4.79 Å². The van der Waals surface area contributed by atoms with Crippen LogP contribution in [-0.4, -0.2) is 34.6 Å². The minimum absolute atomic E-state index is 0.0393. The Balaban J connectivity index is 2.71. The third kappa shape index (κ3) is 4.77. The maximum atomic E-state index is 12.2. The fourth-order valence-corrected chi connectivity index (χ4v) is 1.87. The van der Waals surface area contributed by atoms with E-state index >= 15 is 0 Å². The van der Waals surface area contributed by atoms with E-state index in [1.165, 1.54) is 0 Å². The molecule has 0 atom stereocenters. The second-order valence-electron chi connectivity index (χ2n) is 5.72. The number of hydrogen-bond donors (Lipinski definition) is 2. The third-order valence-electron chi connectivity index (χ3n) is 3.97. The number of benzene rings is 1. The lowest BCUT2D eigenvalue weighted by Gasteiger charge is -2.34. The molecule has 0 bridgehead atoms. The van der Waals surface area contributed by atoms with Crippen LogP contribution in [0.1, 0.15) is 38.3 Å². The highest BCUT2D eigenvalue weighted by Crippen LogP contribution is 2.16. The molecule has 0 saturated carbocycles. The van der Waals surface area contributed by atoms with Crippen LogP contribution in [-0.2, 0) is 17.8 Å². The first-order chi connectivity index (χ1) is 9.77. The van der Waals surface area contributed by atoms with Crippen molar-refractivity contribution in [2.75, 3.05) is 7.05 Å². The van der Waals surface area contributed by atoms with E-state index in [0.717, 1.165) is 17.5 Å². The molecule has 0 aromatic heterocycles. The summed E-state index contributed by atoms with van der Waals surface area (Å²) in [7, 11) is 1.77. The van der Waals surface area contributed by atoms with Crippen LogP contribution in [0.5, 0.6) is 0 Å². The zero-order valence-corrected chi connectivity index (χ0v) is 13.1. The molecule has 0 unspecified atom stereocenters. The van der Waals surface area contributed by atoms with Crippen LogP contribution < -0.4 is 5.32 Å². The van der Waals surface area contributed by atoms with Crippen LogP contribution >= 0.6 is 0 Å². The Bertz CT molecular complexity index is 512. The number of rotatable bonds is 6. The Morgan fingerprint density at radius 1 is 1.24 bits per heavy atom. The molecule has 1 aromatic rings. The van der Waals surface area contributed by atoms with Crippen molar-refractivity contribution in [1.29, 1.82) is 0 Å². The largest absolute Gasteiger partial charge is 0.481 e. The maximum absolute atomic E-state index is 12.2. The number of carboxylic acid groups (broad SMARTS) is 1. The number of nitrogens with one attached hydrogen (secondary N) is 1. The lowest BCUT2D eigenvalue weighted by molar-refractivity contribution is -0.136. The van der Waals surface area contributed by atoms with E-state index in [1.54, 1.807) is 24.1 Å². The van der Waals surface area contributed by atoms with Crippen molar-refractivity contribution in [1.82, 2.24) is 10.2 Å². The fourth-order valence-electron chi connectivity index (χ4n) is 1.87. The molecule has 0 radical (unpaired) electrons. The summed E-state index contributed by atoms with van der Waals surface area (Å²) in [6.07, 6.45) is 0.814. The van der Waals surface area contributed by atoms with Gasteiger partial charge in [0.15, 0.2) is 0 Å². The predicted octanol–water partition coefficient (Wildman–Crippen LogP) is 2.64. The minimum atomic E-state index is -0.877. The van der Waals surface area contributed by atoms with Crippen molar-refractivity contribution in [2.24, 2.45) is 0 Å². The van der Waals surface area contributed by atoms with Gasteiger partial charge in [-0.15, -0.1) is 0 Å². The molecule has 5 heteroatoms. The number of urea groups is 1. The zero-order valence-electron chi connectivity index (χ0n) is 13.1. The number of aliphatic carboxylic acids is 1. The molecule has 2 N–H and O–H groups in total. The monoisotopic (exact) mass is 292 g/mol. The highest BCUT2D eigenvalue weighted by atomic mass is 16.4. The molecule has 0 spiro atoms. The first kappa shape index (κ1) is 17.0. The van der Waals surface area contributed by atoms with Gasteiger partial charge in [-0.05, 0) is 31.4 Å². The summed E-state index contributed by atoms with van der Waals surface area (Å²) in [5.74, 6) is -0.877. The Hall–Kier alpha value is -2.04. The number of carboxylic acids is 1. The van der Waals surface area contributed by atoms with Gasteiger partial charge in [0.25, 0.3) is 0 Å². The first-order valence-corrected chi connectivity index (χ1v) is 7.08. The molecule has 0 aliphatic carbocycles. The van der Waals surface area contributed by atoms with E-state index < -0.39 is 5.97 Å². The number of amides is 2. The van der Waals surface area contributed by atoms with Crippen LogP contribution in [0.4, 0.5) is 4.79 Å². The Labute approximate surface area is 126 Å². The van der Waals surface area contributed by atoms with Gasteiger partial charge in [-0.3, -0.25) is 4.79 Å². The molecule has 0 heterocycles. The van der Waals surface area contributed by atoms with Gasteiger partial charge in [0.05, 0.1) is 6.42 Å². The van der Waals surface area contributed by atoms with Gasteiger partial charge < -0.3 is 15.3 Å². The predicted molar refractivity (Wildman–Crippen MR) is 82.2 cm³/mol. The number of nitrogens with zero attached hydrogens (tertiary/aromatic N) is 1. The zero-order chi connectivity index (χ0) is 16.0. The van der Waals surface area contributed by atoms with Gasteiger partial charge >= 0.3 is 12.0 Å². The molecule has 0 aliphatic rings. The second kappa shape index (κ2) is 7.11. The molecule has 5 nitrogen and oxygen atoms in total. The summed E-state index contributed by atoms with van der Waals surface area (Å²) in [6.45, 7) is 6.37. The molecular weight excluding hydrogens is 268 g/mol. The smallest absolute Gasteiger partial charge is 0.317 e. The van der Waals surface area contributed by atoms with E-state index in [2.05, 4.69) is 5.32 Å². The van der Waals surface area contributed by atoms with Crippen molar-refractivity contribution in [3.63, 3.8) is 0 Å². The van der Waals surface area contributed by atoms with Crippen molar-refractivity contribution in [3.8, 4) is 0 Å². The van der Waals surface area contributed by atoms with E-state index in [1.807, 2.05) is 32.9 Å². The molecule has 0 saturated heterocycles. The van der Waals surface area contributed by atoms with Crippen LogP contribution in [0.2, 0.25) is 0 Å². The number of hydrogen-bond acceptors (Lipinski definition) is 2. The summed E-state index contributed by atoms with van der Waals surface area (Å²) < 4.78 is 0. The highest BCUT2D eigenvalue weighted by Gasteiger charge is 2.25. The normalized spacial score (nSPS) is 11.0. The highest BCUT2D eigenvalue weighted by molar-refractivity contribution is 5.75. The van der Waals surface area contributed by atoms with Crippen LogP contribution in [0.25, 0.3) is 0 Å². The molecule has 1 rings (SSSR count). The van der Waals surface area contributed by atoms with Crippen LogP contribution in [0, 0.1) is 0 Å². The van der Waals surface area contributed by atoms with Gasteiger partial charge in [0, 0.05) is 19.1 Å². The summed E-state index contributed by atoms with van der Waals surface area (Å²) >= 11 is 0. The first-order valence-electron chi connectivity index (χ1n) is 7.08. The molecule has 1 aromatic carbocycles. The minimum Gasteiger partial charge on any atom is -0.481 e. The Morgan fingerprint density at radius 2 is 1.81 bits per heavy atom. The Morgan fingerprint density at radius 3 is 2.33 bits per heavy atom. The third-order valence-corrected chi connectivity index (χ3v) is 3.97. The second-order valence-corrected chi connectivity index (χ2v) is 5.72. The van der Waals surface area contributed by atoms with Crippen molar-refractivity contribution in [2.45, 2.75) is 45.7 Å². The van der Waals surface area contributed by atoms with Gasteiger partial charge in [-0.1, -0.05) is 31.2 Å². The van der Waals surface area contributed by atoms with E-state index in [0.29, 0.717) is 6.54 Å². The summed E-state index contributed by atoms with van der Waals surface area (Å²) in [4.78, 5) is 24.7. The Kier molecular flexibility index (Phi) is 5.76. The summed E-state index contributed by atoms with van der Waals surface area (Å²) in [6, 6.07) is 7.09.